The maximum atomic E-state index is 12.4. The van der Waals surface area contributed by atoms with E-state index in [9.17, 15) is 18.7 Å². The number of amides is 2. The summed E-state index contributed by atoms with van der Waals surface area (Å²) in [7, 11) is 1.58. The van der Waals surface area contributed by atoms with Crippen molar-refractivity contribution in [2.24, 2.45) is 0 Å². The van der Waals surface area contributed by atoms with Gasteiger partial charge in [-0.2, -0.15) is 8.78 Å². The minimum absolute atomic E-state index is 0.113. The highest BCUT2D eigenvalue weighted by molar-refractivity contribution is 7.99. The zero-order chi connectivity index (χ0) is 16.8. The van der Waals surface area contributed by atoms with E-state index in [2.05, 4.69) is 5.32 Å². The largest absolute Gasteiger partial charge is 0.508 e. The number of thioether (sulfide) groups is 1. The first-order valence-corrected chi connectivity index (χ1v) is 7.67. The highest BCUT2D eigenvalue weighted by Gasteiger charge is 2.12. The predicted octanol–water partition coefficient (Wildman–Crippen LogP) is 4.37. The molecule has 0 aliphatic rings. The summed E-state index contributed by atoms with van der Waals surface area (Å²) in [5, 5.41) is 12.4. The van der Waals surface area contributed by atoms with Crippen molar-refractivity contribution < 1.29 is 18.7 Å². The van der Waals surface area contributed by atoms with Crippen LogP contribution in [0.15, 0.2) is 53.4 Å². The Morgan fingerprint density at radius 2 is 2.00 bits per heavy atom. The number of urea groups is 1. The van der Waals surface area contributed by atoms with Crippen molar-refractivity contribution in [2.75, 3.05) is 12.4 Å². The van der Waals surface area contributed by atoms with Crippen LogP contribution in [0.3, 0.4) is 0 Å². The molecule has 0 aromatic heterocycles. The molecule has 7 heteroatoms. The standard InChI is InChI=1S/C16H16F2N2O2S/c1-20(10-11-5-2-3-8-14(11)21)16(22)19-12-6-4-7-13(9-12)23-15(17)18/h2-9,15,21H,10H2,1H3,(H,19,22). The van der Waals surface area contributed by atoms with Gasteiger partial charge in [-0.15, -0.1) is 0 Å². The third-order valence-electron chi connectivity index (χ3n) is 3.06. The monoisotopic (exact) mass is 338 g/mol. The van der Waals surface area contributed by atoms with Crippen LogP contribution in [0.4, 0.5) is 19.3 Å². The summed E-state index contributed by atoms with van der Waals surface area (Å²) in [6.45, 7) is 0.226. The third kappa shape index (κ3) is 5.14. The molecule has 0 aliphatic heterocycles. The van der Waals surface area contributed by atoms with Crippen molar-refractivity contribution in [3.05, 3.63) is 54.1 Å². The Bertz CT molecular complexity index is 683. The summed E-state index contributed by atoms with van der Waals surface area (Å²) in [6.07, 6.45) is 0. The van der Waals surface area contributed by atoms with E-state index in [4.69, 9.17) is 0 Å². The molecule has 122 valence electrons. The Balaban J connectivity index is 1.99. The molecule has 23 heavy (non-hydrogen) atoms. The van der Waals surface area contributed by atoms with Gasteiger partial charge in [-0.1, -0.05) is 36.0 Å². The van der Waals surface area contributed by atoms with Crippen molar-refractivity contribution in [3.63, 3.8) is 0 Å². The van der Waals surface area contributed by atoms with Crippen LogP contribution in [0.5, 0.6) is 5.75 Å². The summed E-state index contributed by atoms with van der Waals surface area (Å²) in [5.74, 6) is -2.40. The van der Waals surface area contributed by atoms with Crippen molar-refractivity contribution in [1.29, 1.82) is 0 Å². The highest BCUT2D eigenvalue weighted by Crippen LogP contribution is 2.27. The molecule has 2 aromatic rings. The number of rotatable bonds is 5. The average Bonchev–Trinajstić information content (AvgIpc) is 2.49. The fraction of sp³-hybridized carbons (Fsp3) is 0.188. The second-order valence-electron chi connectivity index (χ2n) is 4.82. The predicted molar refractivity (Wildman–Crippen MR) is 86.9 cm³/mol. The lowest BCUT2D eigenvalue weighted by molar-refractivity contribution is 0.220. The van der Waals surface area contributed by atoms with E-state index in [0.29, 0.717) is 27.9 Å². The Hall–Kier alpha value is -2.28. The fourth-order valence-electron chi connectivity index (χ4n) is 1.94. The maximum Gasteiger partial charge on any atom is 0.321 e. The number of nitrogens with zero attached hydrogens (tertiary/aromatic N) is 1. The van der Waals surface area contributed by atoms with E-state index in [0.717, 1.165) is 0 Å². The number of benzene rings is 2. The van der Waals surface area contributed by atoms with Crippen molar-refractivity contribution in [3.8, 4) is 5.75 Å². The van der Waals surface area contributed by atoms with E-state index >= 15 is 0 Å². The normalized spacial score (nSPS) is 10.6. The highest BCUT2D eigenvalue weighted by atomic mass is 32.2. The first-order valence-electron chi connectivity index (χ1n) is 6.79. The van der Waals surface area contributed by atoms with Gasteiger partial charge in [-0.3, -0.25) is 0 Å². The van der Waals surface area contributed by atoms with Crippen LogP contribution in [0.2, 0.25) is 0 Å². The van der Waals surface area contributed by atoms with Gasteiger partial charge in [0.05, 0.1) is 6.54 Å². The fourth-order valence-corrected chi connectivity index (χ4v) is 2.50. The number of carbonyl (C=O) groups excluding carboxylic acids is 1. The van der Waals surface area contributed by atoms with E-state index in [1.54, 1.807) is 49.5 Å². The number of hydrogen-bond acceptors (Lipinski definition) is 3. The minimum Gasteiger partial charge on any atom is -0.508 e. The van der Waals surface area contributed by atoms with Crippen molar-refractivity contribution in [1.82, 2.24) is 4.90 Å². The quantitative estimate of drug-likeness (QED) is 0.796. The van der Waals surface area contributed by atoms with Gasteiger partial charge in [0.2, 0.25) is 0 Å². The van der Waals surface area contributed by atoms with Crippen LogP contribution < -0.4 is 5.32 Å². The van der Waals surface area contributed by atoms with Gasteiger partial charge in [0.1, 0.15) is 5.75 Å². The van der Waals surface area contributed by atoms with E-state index in [1.165, 1.54) is 11.0 Å². The van der Waals surface area contributed by atoms with Crippen LogP contribution in [-0.4, -0.2) is 28.8 Å². The van der Waals surface area contributed by atoms with Crippen molar-refractivity contribution >= 4 is 23.5 Å². The maximum absolute atomic E-state index is 12.4. The molecule has 4 nitrogen and oxygen atoms in total. The van der Waals surface area contributed by atoms with Gasteiger partial charge in [-0.05, 0) is 24.3 Å². The van der Waals surface area contributed by atoms with E-state index in [-0.39, 0.29) is 12.3 Å². The lowest BCUT2D eigenvalue weighted by atomic mass is 10.2. The molecule has 0 aliphatic carbocycles. The lowest BCUT2D eigenvalue weighted by Crippen LogP contribution is -2.30. The molecule has 0 atom stereocenters. The molecule has 2 N–H and O–H groups in total. The number of halogens is 2. The van der Waals surface area contributed by atoms with Gasteiger partial charge in [-0.25, -0.2) is 4.79 Å². The van der Waals surface area contributed by atoms with Crippen LogP contribution in [-0.2, 0) is 6.54 Å². The molecule has 0 fully saturated rings. The number of anilines is 1. The molecule has 2 amide bonds. The van der Waals surface area contributed by atoms with E-state index in [1.807, 2.05) is 0 Å². The summed E-state index contributed by atoms with van der Waals surface area (Å²) in [6, 6.07) is 12.6. The molecule has 0 saturated carbocycles. The van der Waals surface area contributed by atoms with Gasteiger partial charge in [0.25, 0.3) is 5.76 Å². The second-order valence-corrected chi connectivity index (χ2v) is 5.88. The minimum atomic E-state index is -2.51. The number of hydrogen-bond donors (Lipinski definition) is 2. The number of phenols is 1. The first kappa shape index (κ1) is 17.1. The smallest absolute Gasteiger partial charge is 0.321 e. The molecule has 0 heterocycles. The van der Waals surface area contributed by atoms with E-state index < -0.39 is 11.8 Å². The van der Waals surface area contributed by atoms with Gasteiger partial charge in [0.15, 0.2) is 0 Å². The molecule has 0 bridgehead atoms. The van der Waals surface area contributed by atoms with Crippen LogP contribution in [0.25, 0.3) is 0 Å². The Kier molecular flexibility index (Phi) is 5.81. The molecule has 0 saturated heterocycles. The number of aromatic hydroxyl groups is 1. The van der Waals surface area contributed by atoms with Crippen LogP contribution >= 0.6 is 11.8 Å². The topological polar surface area (TPSA) is 52.6 Å². The van der Waals surface area contributed by atoms with Crippen LogP contribution in [0, 0.1) is 0 Å². The molecule has 0 radical (unpaired) electrons. The Morgan fingerprint density at radius 3 is 2.70 bits per heavy atom. The van der Waals surface area contributed by atoms with Crippen molar-refractivity contribution in [2.45, 2.75) is 17.2 Å². The molecule has 0 unspecified atom stereocenters. The van der Waals surface area contributed by atoms with Gasteiger partial charge < -0.3 is 15.3 Å². The van der Waals surface area contributed by atoms with Gasteiger partial charge >= 0.3 is 6.03 Å². The molecular weight excluding hydrogens is 322 g/mol. The zero-order valence-corrected chi connectivity index (χ0v) is 13.2. The Morgan fingerprint density at radius 1 is 1.26 bits per heavy atom. The molecule has 2 aromatic carbocycles. The number of phenolic OH excluding ortho intramolecular Hbond substituents is 1. The lowest BCUT2D eigenvalue weighted by Gasteiger charge is -2.19. The molecule has 2 rings (SSSR count). The first-order chi connectivity index (χ1) is 11.0. The SMILES string of the molecule is CN(Cc1ccccc1O)C(=O)Nc1cccc(SC(F)F)c1. The molecule has 0 spiro atoms. The summed E-state index contributed by atoms with van der Waals surface area (Å²) < 4.78 is 24.7. The Labute approximate surface area is 137 Å². The number of nitrogens with one attached hydrogen (secondary N) is 1. The zero-order valence-electron chi connectivity index (χ0n) is 12.4. The summed E-state index contributed by atoms with van der Waals surface area (Å²) >= 11 is 0.421. The third-order valence-corrected chi connectivity index (χ3v) is 3.76. The summed E-state index contributed by atoms with van der Waals surface area (Å²) in [5.41, 5.74) is 1.05. The second kappa shape index (κ2) is 7.82. The number of alkyl halides is 2. The summed E-state index contributed by atoms with van der Waals surface area (Å²) in [4.78, 5) is 13.9. The van der Waals surface area contributed by atoms with Crippen LogP contribution in [0.1, 0.15) is 5.56 Å². The molecular formula is C16H16F2N2O2S. The number of carbonyl (C=O) groups is 1. The average molecular weight is 338 g/mol. The van der Waals surface area contributed by atoms with Gasteiger partial charge in [0, 0.05) is 23.2 Å². The number of para-hydroxylation sites is 1.